The van der Waals surface area contributed by atoms with E-state index in [-0.39, 0.29) is 30.1 Å². The van der Waals surface area contributed by atoms with E-state index in [0.717, 1.165) is 11.8 Å². The van der Waals surface area contributed by atoms with E-state index < -0.39 is 10.8 Å². The Labute approximate surface area is 192 Å². The maximum atomic E-state index is 12.4. The number of nitrogens with zero attached hydrogens (tertiary/aromatic N) is 4. The van der Waals surface area contributed by atoms with Crippen LogP contribution in [0.15, 0.2) is 58.8 Å². The molecule has 10 nitrogen and oxygen atoms in total. The number of carbonyl (C=O) groups is 2. The molecule has 2 amide bonds. The van der Waals surface area contributed by atoms with Crippen molar-refractivity contribution >= 4 is 46.6 Å². The van der Waals surface area contributed by atoms with Gasteiger partial charge in [0, 0.05) is 42.4 Å². The molecule has 12 heteroatoms. The van der Waals surface area contributed by atoms with E-state index in [1.165, 1.54) is 24.5 Å². The smallest absolute Gasteiger partial charge is 0.284 e. The highest BCUT2D eigenvalue weighted by Gasteiger charge is 2.20. The molecule has 0 saturated carbocycles. The quantitative estimate of drug-likeness (QED) is 0.274. The average Bonchev–Trinajstić information content (AvgIpc) is 3.17. The summed E-state index contributed by atoms with van der Waals surface area (Å²) in [5, 5.41) is 25.6. The molecule has 2 aromatic carbocycles. The van der Waals surface area contributed by atoms with E-state index in [2.05, 4.69) is 20.8 Å². The van der Waals surface area contributed by atoms with Gasteiger partial charge in [0.15, 0.2) is 5.16 Å². The molecule has 0 unspecified atom stereocenters. The summed E-state index contributed by atoms with van der Waals surface area (Å²) in [7, 11) is 1.73. The molecule has 0 aliphatic carbocycles. The van der Waals surface area contributed by atoms with Crippen molar-refractivity contribution in [2.75, 3.05) is 11.9 Å². The van der Waals surface area contributed by atoms with Crippen LogP contribution in [0.2, 0.25) is 5.02 Å². The van der Waals surface area contributed by atoms with Gasteiger partial charge in [-0.1, -0.05) is 11.6 Å². The van der Waals surface area contributed by atoms with Gasteiger partial charge in [0.05, 0.1) is 9.82 Å². The maximum absolute atomic E-state index is 12.4. The lowest BCUT2D eigenvalue weighted by molar-refractivity contribution is -0.387. The van der Waals surface area contributed by atoms with Crippen molar-refractivity contribution in [1.82, 2.24) is 20.1 Å². The number of nitrogens with one attached hydrogen (secondary N) is 2. The third-order valence-electron chi connectivity index (χ3n) is 4.28. The summed E-state index contributed by atoms with van der Waals surface area (Å²) in [6.45, 7) is 0.246. The maximum Gasteiger partial charge on any atom is 0.284 e. The van der Waals surface area contributed by atoms with E-state index in [1.807, 2.05) is 0 Å². The van der Waals surface area contributed by atoms with Crippen LogP contribution in [0.5, 0.6) is 0 Å². The lowest BCUT2D eigenvalue weighted by atomic mass is 10.2. The fourth-order valence-corrected chi connectivity index (χ4v) is 3.64. The van der Waals surface area contributed by atoms with Gasteiger partial charge in [0.2, 0.25) is 5.91 Å². The number of halogens is 1. The molecule has 0 bridgehead atoms. The highest BCUT2D eigenvalue weighted by Crippen LogP contribution is 2.34. The Kier molecular flexibility index (Phi) is 7.79. The van der Waals surface area contributed by atoms with Gasteiger partial charge in [-0.05, 0) is 54.6 Å². The minimum absolute atomic E-state index is 0.157. The predicted molar refractivity (Wildman–Crippen MR) is 120 cm³/mol. The zero-order valence-electron chi connectivity index (χ0n) is 16.9. The number of nitro benzene ring substituents is 1. The van der Waals surface area contributed by atoms with E-state index in [0.29, 0.717) is 27.2 Å². The fourth-order valence-electron chi connectivity index (χ4n) is 2.66. The topological polar surface area (TPSA) is 132 Å². The predicted octanol–water partition coefficient (Wildman–Crippen LogP) is 3.68. The molecule has 0 fully saturated rings. The Morgan fingerprint density at radius 1 is 1.22 bits per heavy atom. The Hall–Kier alpha value is -3.44. The van der Waals surface area contributed by atoms with Crippen molar-refractivity contribution in [1.29, 1.82) is 0 Å². The zero-order chi connectivity index (χ0) is 23.1. The minimum atomic E-state index is -0.545. The van der Waals surface area contributed by atoms with Crippen LogP contribution in [0, 0.1) is 10.1 Å². The fraction of sp³-hybridized carbons (Fsp3) is 0.200. The second-order valence-corrected chi connectivity index (χ2v) is 8.13. The summed E-state index contributed by atoms with van der Waals surface area (Å²) in [5.41, 5.74) is 0.590. The summed E-state index contributed by atoms with van der Waals surface area (Å²) in [6, 6.07) is 11.0. The van der Waals surface area contributed by atoms with Crippen LogP contribution in [0.1, 0.15) is 23.2 Å². The highest BCUT2D eigenvalue weighted by molar-refractivity contribution is 7.99. The van der Waals surface area contributed by atoms with E-state index >= 15 is 0 Å². The molecule has 1 aromatic heterocycles. The van der Waals surface area contributed by atoms with Gasteiger partial charge in [-0.15, -0.1) is 10.2 Å². The van der Waals surface area contributed by atoms with Crippen LogP contribution >= 0.6 is 23.4 Å². The lowest BCUT2D eigenvalue weighted by Crippen LogP contribution is -2.25. The van der Waals surface area contributed by atoms with Crippen LogP contribution in [0.4, 0.5) is 11.4 Å². The number of aryl methyl sites for hydroxylation is 1. The second kappa shape index (κ2) is 10.7. The van der Waals surface area contributed by atoms with Crippen LogP contribution in [0.3, 0.4) is 0 Å². The average molecular weight is 475 g/mol. The number of hydrogen-bond donors (Lipinski definition) is 2. The Balaban J connectivity index is 1.52. The van der Waals surface area contributed by atoms with E-state index in [9.17, 15) is 19.7 Å². The molecule has 2 N–H and O–H groups in total. The van der Waals surface area contributed by atoms with Crippen molar-refractivity contribution in [2.45, 2.75) is 22.9 Å². The molecule has 0 radical (unpaired) electrons. The van der Waals surface area contributed by atoms with Crippen LogP contribution in [-0.4, -0.2) is 38.0 Å². The molecule has 166 valence electrons. The summed E-state index contributed by atoms with van der Waals surface area (Å²) < 4.78 is 1.64. The SMILES string of the molecule is Cn1cnnc1Sc1ccc(C(=O)NCCCC(=O)Nc2ccc(Cl)cc2)cc1[N+](=O)[O-]. The minimum Gasteiger partial charge on any atom is -0.352 e. The molecular weight excluding hydrogens is 456 g/mol. The normalized spacial score (nSPS) is 10.6. The summed E-state index contributed by atoms with van der Waals surface area (Å²) in [5.74, 6) is -0.649. The molecule has 0 spiro atoms. The van der Waals surface area contributed by atoms with Gasteiger partial charge < -0.3 is 15.2 Å². The molecule has 0 atom stereocenters. The first-order valence-electron chi connectivity index (χ1n) is 9.47. The van der Waals surface area contributed by atoms with Gasteiger partial charge in [-0.3, -0.25) is 19.7 Å². The third-order valence-corrected chi connectivity index (χ3v) is 5.65. The largest absolute Gasteiger partial charge is 0.352 e. The molecule has 32 heavy (non-hydrogen) atoms. The van der Waals surface area contributed by atoms with Crippen molar-refractivity contribution < 1.29 is 14.5 Å². The number of benzene rings is 2. The molecule has 0 aliphatic heterocycles. The first-order valence-corrected chi connectivity index (χ1v) is 10.7. The van der Waals surface area contributed by atoms with Gasteiger partial charge in [0.1, 0.15) is 6.33 Å². The number of nitro groups is 1. The van der Waals surface area contributed by atoms with Crippen molar-refractivity contribution in [2.24, 2.45) is 7.05 Å². The first-order chi connectivity index (χ1) is 15.3. The van der Waals surface area contributed by atoms with E-state index in [1.54, 1.807) is 35.9 Å². The monoisotopic (exact) mass is 474 g/mol. The van der Waals surface area contributed by atoms with Crippen LogP contribution in [-0.2, 0) is 11.8 Å². The number of carbonyl (C=O) groups excluding carboxylic acids is 2. The Bertz CT molecular complexity index is 1140. The van der Waals surface area contributed by atoms with Crippen LogP contribution in [0.25, 0.3) is 0 Å². The standard InChI is InChI=1S/C20H19ClN6O4S/c1-26-12-23-25-20(26)32-17-9-4-13(11-16(17)27(30)31)19(29)22-10-2-3-18(28)24-15-7-5-14(21)6-8-15/h4-9,11-12H,2-3,10H2,1H3,(H,22,29)(H,24,28). The summed E-state index contributed by atoms with van der Waals surface area (Å²) in [4.78, 5) is 35.7. The zero-order valence-corrected chi connectivity index (χ0v) is 18.5. The molecule has 3 aromatic rings. The molecule has 0 aliphatic rings. The van der Waals surface area contributed by atoms with Crippen molar-refractivity contribution in [3.05, 3.63) is 69.5 Å². The lowest BCUT2D eigenvalue weighted by Gasteiger charge is -2.08. The molecule has 3 rings (SSSR count). The summed E-state index contributed by atoms with van der Waals surface area (Å²) >= 11 is 6.89. The number of anilines is 1. The summed E-state index contributed by atoms with van der Waals surface area (Å²) in [6.07, 6.45) is 2.11. The second-order valence-electron chi connectivity index (χ2n) is 6.68. The molecule has 1 heterocycles. The first kappa shape index (κ1) is 23.2. The van der Waals surface area contributed by atoms with Crippen molar-refractivity contribution in [3.63, 3.8) is 0 Å². The van der Waals surface area contributed by atoms with Gasteiger partial charge >= 0.3 is 0 Å². The number of aromatic nitrogens is 3. The Morgan fingerprint density at radius 2 is 1.97 bits per heavy atom. The van der Waals surface area contributed by atoms with E-state index in [4.69, 9.17) is 11.6 Å². The molecule has 0 saturated heterocycles. The van der Waals surface area contributed by atoms with Gasteiger partial charge in [0.25, 0.3) is 11.6 Å². The van der Waals surface area contributed by atoms with Gasteiger partial charge in [-0.2, -0.15) is 0 Å². The Morgan fingerprint density at radius 3 is 2.62 bits per heavy atom. The number of hydrogen-bond acceptors (Lipinski definition) is 7. The van der Waals surface area contributed by atoms with Crippen LogP contribution < -0.4 is 10.6 Å². The van der Waals surface area contributed by atoms with Crippen molar-refractivity contribution in [3.8, 4) is 0 Å². The number of amides is 2. The highest BCUT2D eigenvalue weighted by atomic mass is 35.5. The number of rotatable bonds is 9. The third kappa shape index (κ3) is 6.28. The van der Waals surface area contributed by atoms with Gasteiger partial charge in [-0.25, -0.2) is 0 Å². The molecular formula is C20H19ClN6O4S.